The van der Waals surface area contributed by atoms with Gasteiger partial charge in [-0.15, -0.1) is 0 Å². The van der Waals surface area contributed by atoms with Crippen molar-refractivity contribution in [2.45, 2.75) is 19.8 Å². The van der Waals surface area contributed by atoms with E-state index in [-0.39, 0.29) is 5.56 Å². The van der Waals surface area contributed by atoms with Gasteiger partial charge in [-0.1, -0.05) is 26.0 Å². The molecule has 1 aromatic carbocycles. The third-order valence-electron chi connectivity index (χ3n) is 2.80. The molecule has 2 aromatic rings. The van der Waals surface area contributed by atoms with Crippen molar-refractivity contribution in [3.05, 3.63) is 58.3 Å². The Balaban J connectivity index is 2.15. The summed E-state index contributed by atoms with van der Waals surface area (Å²) in [5.74, 6) is -0.0300. The molecule has 19 heavy (non-hydrogen) atoms. The predicted octanol–water partition coefficient (Wildman–Crippen LogP) is 2.15. The van der Waals surface area contributed by atoms with Crippen LogP contribution >= 0.6 is 0 Å². The van der Waals surface area contributed by atoms with Crippen LogP contribution in [0.25, 0.3) is 0 Å². The third kappa shape index (κ3) is 3.07. The van der Waals surface area contributed by atoms with Crippen molar-refractivity contribution < 1.29 is 4.79 Å². The number of aromatic amines is 1. The Kier molecular flexibility index (Phi) is 3.75. The highest BCUT2D eigenvalue weighted by Crippen LogP contribution is 2.17. The molecule has 0 unspecified atom stereocenters. The van der Waals surface area contributed by atoms with E-state index < -0.39 is 11.5 Å². The van der Waals surface area contributed by atoms with Crippen molar-refractivity contribution >= 4 is 11.6 Å². The van der Waals surface area contributed by atoms with Gasteiger partial charge in [0.05, 0.1) is 6.33 Å². The van der Waals surface area contributed by atoms with E-state index in [1.807, 2.05) is 24.3 Å². The summed E-state index contributed by atoms with van der Waals surface area (Å²) in [5, 5.41) is 2.67. The zero-order valence-electron chi connectivity index (χ0n) is 10.8. The van der Waals surface area contributed by atoms with Crippen LogP contribution in [0.3, 0.4) is 0 Å². The number of carbonyl (C=O) groups is 1. The van der Waals surface area contributed by atoms with Crippen LogP contribution in [0.4, 0.5) is 5.69 Å². The molecule has 0 aliphatic rings. The summed E-state index contributed by atoms with van der Waals surface area (Å²) in [6.07, 6.45) is 2.49. The zero-order valence-corrected chi connectivity index (χ0v) is 10.8. The van der Waals surface area contributed by atoms with Crippen molar-refractivity contribution in [1.82, 2.24) is 9.97 Å². The fourth-order valence-electron chi connectivity index (χ4n) is 1.66. The topological polar surface area (TPSA) is 74.8 Å². The van der Waals surface area contributed by atoms with Crippen LogP contribution in [-0.2, 0) is 0 Å². The van der Waals surface area contributed by atoms with E-state index in [1.165, 1.54) is 18.1 Å². The number of carbonyl (C=O) groups excluding carboxylic acids is 1. The minimum Gasteiger partial charge on any atom is -0.322 e. The molecule has 1 amide bonds. The van der Waals surface area contributed by atoms with Crippen LogP contribution in [0.15, 0.2) is 41.6 Å². The lowest BCUT2D eigenvalue weighted by molar-refractivity contribution is 0.102. The van der Waals surface area contributed by atoms with Gasteiger partial charge in [-0.2, -0.15) is 0 Å². The van der Waals surface area contributed by atoms with E-state index >= 15 is 0 Å². The van der Waals surface area contributed by atoms with Crippen molar-refractivity contribution in [3.8, 4) is 0 Å². The van der Waals surface area contributed by atoms with Crippen LogP contribution < -0.4 is 10.9 Å². The maximum absolute atomic E-state index is 11.9. The number of nitrogens with one attached hydrogen (secondary N) is 2. The first-order valence-electron chi connectivity index (χ1n) is 6.02. The molecule has 0 saturated carbocycles. The molecule has 0 bridgehead atoms. The molecule has 0 fully saturated rings. The number of amides is 1. The van der Waals surface area contributed by atoms with Gasteiger partial charge < -0.3 is 10.3 Å². The molecule has 5 heteroatoms. The van der Waals surface area contributed by atoms with Crippen LogP contribution in [-0.4, -0.2) is 15.9 Å². The number of H-pyrrole nitrogens is 1. The lowest BCUT2D eigenvalue weighted by atomic mass is 10.0. The standard InChI is InChI=1S/C14H15N3O2/c1-9(2)10-3-5-11(6-4-10)17-14(19)12-7-15-8-16-13(12)18/h3-9H,1-2H3,(H,17,19)(H,15,16,18). The monoisotopic (exact) mass is 257 g/mol. The summed E-state index contributed by atoms with van der Waals surface area (Å²) in [6.45, 7) is 4.20. The minimum atomic E-state index is -0.466. The first kappa shape index (κ1) is 13.0. The molecule has 2 N–H and O–H groups in total. The Morgan fingerprint density at radius 3 is 2.53 bits per heavy atom. The summed E-state index contributed by atoms with van der Waals surface area (Å²) in [4.78, 5) is 29.4. The summed E-state index contributed by atoms with van der Waals surface area (Å²) in [7, 11) is 0. The van der Waals surface area contributed by atoms with Gasteiger partial charge in [0, 0.05) is 11.9 Å². The van der Waals surface area contributed by atoms with E-state index in [1.54, 1.807) is 0 Å². The highest BCUT2D eigenvalue weighted by Gasteiger charge is 2.10. The Bertz CT molecular complexity index is 630. The van der Waals surface area contributed by atoms with Crippen LogP contribution in [0, 0.1) is 0 Å². The Hall–Kier alpha value is -2.43. The number of aromatic nitrogens is 2. The van der Waals surface area contributed by atoms with Gasteiger partial charge in [-0.3, -0.25) is 9.59 Å². The highest BCUT2D eigenvalue weighted by molar-refractivity contribution is 6.03. The summed E-state index contributed by atoms with van der Waals surface area (Å²) >= 11 is 0. The van der Waals surface area contributed by atoms with E-state index in [0.29, 0.717) is 11.6 Å². The largest absolute Gasteiger partial charge is 0.322 e. The fourth-order valence-corrected chi connectivity index (χ4v) is 1.66. The van der Waals surface area contributed by atoms with Crippen molar-refractivity contribution in [1.29, 1.82) is 0 Å². The quantitative estimate of drug-likeness (QED) is 0.884. The van der Waals surface area contributed by atoms with Gasteiger partial charge in [-0.25, -0.2) is 4.98 Å². The number of hydrogen-bond acceptors (Lipinski definition) is 3. The molecule has 5 nitrogen and oxygen atoms in total. The van der Waals surface area contributed by atoms with Gasteiger partial charge in [0.25, 0.3) is 11.5 Å². The minimum absolute atomic E-state index is 0.00423. The normalized spacial score (nSPS) is 10.5. The molecule has 1 aromatic heterocycles. The number of benzene rings is 1. The van der Waals surface area contributed by atoms with Crippen LogP contribution in [0.2, 0.25) is 0 Å². The maximum Gasteiger partial charge on any atom is 0.263 e. The van der Waals surface area contributed by atoms with Gasteiger partial charge in [0.2, 0.25) is 0 Å². The lowest BCUT2D eigenvalue weighted by Crippen LogP contribution is -2.23. The third-order valence-corrected chi connectivity index (χ3v) is 2.80. The van der Waals surface area contributed by atoms with Crippen molar-refractivity contribution in [2.75, 3.05) is 5.32 Å². The first-order chi connectivity index (χ1) is 9.08. The molecular formula is C14H15N3O2. The number of anilines is 1. The zero-order chi connectivity index (χ0) is 13.8. The molecule has 1 heterocycles. The van der Waals surface area contributed by atoms with Gasteiger partial charge >= 0.3 is 0 Å². The highest BCUT2D eigenvalue weighted by atomic mass is 16.2. The SMILES string of the molecule is CC(C)c1ccc(NC(=O)c2cnc[nH]c2=O)cc1. The molecule has 98 valence electrons. The average Bonchev–Trinajstić information content (AvgIpc) is 2.39. The number of hydrogen-bond donors (Lipinski definition) is 2. The van der Waals surface area contributed by atoms with Crippen LogP contribution in [0.5, 0.6) is 0 Å². The van der Waals surface area contributed by atoms with E-state index in [9.17, 15) is 9.59 Å². The number of rotatable bonds is 3. The second-order valence-corrected chi connectivity index (χ2v) is 4.53. The molecular weight excluding hydrogens is 242 g/mol. The second-order valence-electron chi connectivity index (χ2n) is 4.53. The van der Waals surface area contributed by atoms with Crippen molar-refractivity contribution in [3.63, 3.8) is 0 Å². The smallest absolute Gasteiger partial charge is 0.263 e. The molecule has 0 saturated heterocycles. The fraction of sp³-hybridized carbons (Fsp3) is 0.214. The van der Waals surface area contributed by atoms with E-state index in [2.05, 4.69) is 29.1 Å². The van der Waals surface area contributed by atoms with Gasteiger partial charge in [0.1, 0.15) is 5.56 Å². The molecule has 2 rings (SSSR count). The molecule has 0 radical (unpaired) electrons. The summed E-state index contributed by atoms with van der Waals surface area (Å²) in [6, 6.07) is 7.54. The number of nitrogens with zero attached hydrogens (tertiary/aromatic N) is 1. The summed E-state index contributed by atoms with van der Waals surface area (Å²) < 4.78 is 0. The predicted molar refractivity (Wildman–Crippen MR) is 73.3 cm³/mol. The Morgan fingerprint density at radius 1 is 1.26 bits per heavy atom. The van der Waals surface area contributed by atoms with Crippen molar-refractivity contribution in [2.24, 2.45) is 0 Å². The van der Waals surface area contributed by atoms with Gasteiger partial charge in [0.15, 0.2) is 0 Å². The summed E-state index contributed by atoms with van der Waals surface area (Å²) in [5.41, 5.74) is 1.39. The average molecular weight is 257 g/mol. The van der Waals surface area contributed by atoms with Gasteiger partial charge in [-0.05, 0) is 23.6 Å². The van der Waals surface area contributed by atoms with E-state index in [0.717, 1.165) is 0 Å². The molecule has 0 aliphatic carbocycles. The Labute approximate surface area is 110 Å². The Morgan fingerprint density at radius 2 is 1.95 bits per heavy atom. The maximum atomic E-state index is 11.9. The lowest BCUT2D eigenvalue weighted by Gasteiger charge is -2.08. The second kappa shape index (κ2) is 5.48. The molecule has 0 aliphatic heterocycles. The van der Waals surface area contributed by atoms with Crippen LogP contribution in [0.1, 0.15) is 35.7 Å². The molecule has 0 atom stereocenters. The first-order valence-corrected chi connectivity index (χ1v) is 6.02. The molecule has 0 spiro atoms. The van der Waals surface area contributed by atoms with E-state index in [4.69, 9.17) is 0 Å².